The van der Waals surface area contributed by atoms with E-state index in [2.05, 4.69) is 10.1 Å². The van der Waals surface area contributed by atoms with Crippen LogP contribution in [0.15, 0.2) is 53.2 Å². The van der Waals surface area contributed by atoms with E-state index in [1.807, 2.05) is 30.4 Å². The van der Waals surface area contributed by atoms with Crippen LogP contribution in [0.3, 0.4) is 0 Å². The molecule has 0 bridgehead atoms. The summed E-state index contributed by atoms with van der Waals surface area (Å²) in [4.78, 5) is 2.24. The summed E-state index contributed by atoms with van der Waals surface area (Å²) < 4.78 is 33.7. The molecule has 1 aliphatic heterocycles. The van der Waals surface area contributed by atoms with Crippen molar-refractivity contribution in [1.82, 2.24) is 4.90 Å². The Bertz CT molecular complexity index is 955. The van der Waals surface area contributed by atoms with Gasteiger partial charge in [0.15, 0.2) is 5.84 Å². The first-order chi connectivity index (χ1) is 15.6. The van der Waals surface area contributed by atoms with Crippen molar-refractivity contribution in [3.8, 4) is 0 Å². The number of amidine groups is 1. The Kier molecular flexibility index (Phi) is 7.25. The van der Waals surface area contributed by atoms with E-state index in [4.69, 9.17) is 15.7 Å². The smallest absolute Gasteiger partial charge is 0.170 e. The van der Waals surface area contributed by atoms with Gasteiger partial charge in [-0.15, -0.1) is 0 Å². The van der Waals surface area contributed by atoms with Crippen LogP contribution < -0.4 is 5.73 Å². The number of hydrogen-bond acceptors (Lipinski definition) is 4. The number of halogens is 2. The Morgan fingerprint density at radius 3 is 2.94 bits per heavy atom. The molecule has 1 aromatic carbocycles. The van der Waals surface area contributed by atoms with Crippen LogP contribution >= 0.6 is 0 Å². The van der Waals surface area contributed by atoms with Crippen LogP contribution in [0.25, 0.3) is 5.57 Å². The van der Waals surface area contributed by atoms with Crippen molar-refractivity contribution >= 4 is 11.4 Å². The molecule has 4 rings (SSSR count). The van der Waals surface area contributed by atoms with Crippen LogP contribution in [0.1, 0.15) is 48.8 Å². The summed E-state index contributed by atoms with van der Waals surface area (Å²) in [6.45, 7) is 2.26. The summed E-state index contributed by atoms with van der Waals surface area (Å²) in [7, 11) is 0. The van der Waals surface area contributed by atoms with Gasteiger partial charge in [0, 0.05) is 31.1 Å². The first kappa shape index (κ1) is 22.5. The fraction of sp³-hybridized carbons (Fsp3) is 0.480. The average molecular weight is 444 g/mol. The van der Waals surface area contributed by atoms with Gasteiger partial charge in [0.25, 0.3) is 0 Å². The summed E-state index contributed by atoms with van der Waals surface area (Å²) in [6, 6.07) is 5.56. The van der Waals surface area contributed by atoms with Crippen LogP contribution in [0, 0.1) is 5.92 Å². The topological polar surface area (TPSA) is 71.1 Å². The molecule has 1 heterocycles. The van der Waals surface area contributed by atoms with E-state index in [1.165, 1.54) is 0 Å². The van der Waals surface area contributed by atoms with Gasteiger partial charge in [-0.25, -0.2) is 4.39 Å². The lowest BCUT2D eigenvalue weighted by molar-refractivity contribution is 0.127. The Hall–Kier alpha value is -2.67. The number of allylic oxidation sites excluding steroid dienone is 5. The molecule has 0 aromatic heterocycles. The molecule has 32 heavy (non-hydrogen) atoms. The molecule has 0 saturated carbocycles. The minimum absolute atomic E-state index is 0.0560. The molecule has 172 valence electrons. The molecule has 2 unspecified atom stereocenters. The molecular weight excluding hydrogens is 412 g/mol. The Morgan fingerprint density at radius 2 is 2.19 bits per heavy atom. The van der Waals surface area contributed by atoms with Gasteiger partial charge in [0.05, 0.1) is 6.67 Å². The molecule has 2 aliphatic carbocycles. The monoisotopic (exact) mass is 443 g/mol. The molecule has 1 saturated heterocycles. The van der Waals surface area contributed by atoms with E-state index in [0.29, 0.717) is 24.8 Å². The number of oxime groups is 1. The molecule has 3 N–H and O–H groups in total. The van der Waals surface area contributed by atoms with Crippen molar-refractivity contribution in [1.29, 1.82) is 0 Å². The van der Waals surface area contributed by atoms with E-state index in [1.54, 1.807) is 6.07 Å². The standard InChI is InChI=1S/C25H31F2N3O2/c26-12-2-13-30-14-11-21(16-30)32-20-8-5-17(6-9-20)24-22-10-7-19(25(28)29-31)15-18(22)3-1-4-23(24)27/h5,7-10,15,17,21,31H,1-4,6,11-14,16H2,(H2,28,29). The number of fused-ring (bicyclic) bond motifs is 1. The summed E-state index contributed by atoms with van der Waals surface area (Å²) in [6.07, 6.45) is 10.2. The highest BCUT2D eigenvalue weighted by Gasteiger charge is 2.27. The van der Waals surface area contributed by atoms with Crippen LogP contribution in [0.2, 0.25) is 0 Å². The number of ether oxygens (including phenoxy) is 1. The number of alkyl halides is 1. The predicted molar refractivity (Wildman–Crippen MR) is 122 cm³/mol. The van der Waals surface area contributed by atoms with Gasteiger partial charge >= 0.3 is 0 Å². The van der Waals surface area contributed by atoms with Crippen molar-refractivity contribution in [2.45, 2.75) is 44.6 Å². The summed E-state index contributed by atoms with van der Waals surface area (Å²) in [5, 5.41) is 12.1. The van der Waals surface area contributed by atoms with E-state index < -0.39 is 0 Å². The molecule has 7 heteroatoms. The second kappa shape index (κ2) is 10.3. The molecule has 0 amide bonds. The SMILES string of the molecule is N/C(=N/O)c1ccc2c(c1)CCCC(F)=C2C1C=CC(OC2CCN(CCCF)C2)=CC1. The minimum Gasteiger partial charge on any atom is -0.489 e. The number of likely N-dealkylation sites (tertiary alicyclic amines) is 1. The molecule has 5 nitrogen and oxygen atoms in total. The number of hydrogen-bond donors (Lipinski definition) is 2. The second-order valence-corrected chi connectivity index (χ2v) is 8.71. The number of rotatable bonds is 7. The minimum atomic E-state index is -0.281. The van der Waals surface area contributed by atoms with E-state index in [0.717, 1.165) is 61.4 Å². The lowest BCUT2D eigenvalue weighted by Crippen LogP contribution is -2.24. The van der Waals surface area contributed by atoms with Crippen molar-refractivity contribution in [3.63, 3.8) is 0 Å². The normalized spacial score (nSPS) is 24.3. The summed E-state index contributed by atoms with van der Waals surface area (Å²) in [5.41, 5.74) is 9.04. The number of aryl methyl sites for hydroxylation is 1. The molecule has 1 fully saturated rings. The van der Waals surface area contributed by atoms with Gasteiger partial charge in [-0.3, -0.25) is 9.29 Å². The average Bonchev–Trinajstić information content (AvgIpc) is 3.19. The molecule has 0 spiro atoms. The third kappa shape index (κ3) is 5.04. The highest BCUT2D eigenvalue weighted by molar-refractivity contribution is 5.97. The number of benzene rings is 1. The zero-order valence-corrected chi connectivity index (χ0v) is 18.3. The molecule has 0 radical (unpaired) electrons. The van der Waals surface area contributed by atoms with Crippen LogP contribution in [0.5, 0.6) is 0 Å². The molecule has 2 atom stereocenters. The van der Waals surface area contributed by atoms with Crippen LogP contribution in [-0.2, 0) is 11.2 Å². The van der Waals surface area contributed by atoms with Crippen LogP contribution in [0.4, 0.5) is 8.78 Å². The maximum atomic E-state index is 15.1. The maximum Gasteiger partial charge on any atom is 0.170 e. The molecular formula is C25H31F2N3O2. The Labute approximate surface area is 187 Å². The zero-order chi connectivity index (χ0) is 22.5. The molecule has 3 aliphatic rings. The van der Waals surface area contributed by atoms with Crippen molar-refractivity contribution < 1.29 is 18.7 Å². The maximum absolute atomic E-state index is 15.1. The predicted octanol–water partition coefficient (Wildman–Crippen LogP) is 4.71. The first-order valence-electron chi connectivity index (χ1n) is 11.4. The highest BCUT2D eigenvalue weighted by Crippen LogP contribution is 2.40. The number of nitrogens with two attached hydrogens (primary N) is 1. The second-order valence-electron chi connectivity index (χ2n) is 8.71. The Balaban J connectivity index is 1.45. The Morgan fingerprint density at radius 1 is 1.31 bits per heavy atom. The van der Waals surface area contributed by atoms with Gasteiger partial charge in [-0.05, 0) is 73.4 Å². The van der Waals surface area contributed by atoms with Gasteiger partial charge in [0.1, 0.15) is 17.7 Å². The fourth-order valence-corrected chi connectivity index (χ4v) is 4.87. The van der Waals surface area contributed by atoms with E-state index in [9.17, 15) is 4.39 Å². The van der Waals surface area contributed by atoms with Gasteiger partial charge in [-0.2, -0.15) is 0 Å². The summed E-state index contributed by atoms with van der Waals surface area (Å²) >= 11 is 0. The van der Waals surface area contributed by atoms with Gasteiger partial charge in [-0.1, -0.05) is 23.4 Å². The molecule has 1 aromatic rings. The van der Waals surface area contributed by atoms with E-state index >= 15 is 4.39 Å². The summed E-state index contributed by atoms with van der Waals surface area (Å²) in [5.74, 6) is 0.766. The van der Waals surface area contributed by atoms with Crippen molar-refractivity contribution in [3.05, 3.63) is 64.7 Å². The first-order valence-corrected chi connectivity index (χ1v) is 11.4. The van der Waals surface area contributed by atoms with Crippen molar-refractivity contribution in [2.24, 2.45) is 16.8 Å². The largest absolute Gasteiger partial charge is 0.489 e. The van der Waals surface area contributed by atoms with Crippen molar-refractivity contribution in [2.75, 3.05) is 26.3 Å². The lowest BCUT2D eigenvalue weighted by Gasteiger charge is -2.23. The third-order valence-electron chi connectivity index (χ3n) is 6.51. The van der Waals surface area contributed by atoms with E-state index in [-0.39, 0.29) is 30.4 Å². The fourth-order valence-electron chi connectivity index (χ4n) is 4.87. The van der Waals surface area contributed by atoms with Gasteiger partial charge in [0.2, 0.25) is 0 Å². The quantitative estimate of drug-likeness (QED) is 0.277. The third-order valence-corrected chi connectivity index (χ3v) is 6.51. The number of nitrogens with zero attached hydrogens (tertiary/aromatic N) is 2. The highest BCUT2D eigenvalue weighted by atomic mass is 19.1. The van der Waals surface area contributed by atoms with Crippen LogP contribution in [-0.4, -0.2) is 48.4 Å². The zero-order valence-electron chi connectivity index (χ0n) is 18.3. The van der Waals surface area contributed by atoms with Gasteiger partial charge < -0.3 is 15.7 Å². The lowest BCUT2D eigenvalue weighted by atomic mass is 9.84.